The highest BCUT2D eigenvalue weighted by molar-refractivity contribution is 7.10. The molecule has 1 atom stereocenters. The average Bonchev–Trinajstić information content (AvgIpc) is 3.35. The molecule has 1 unspecified atom stereocenters. The normalized spacial score (nSPS) is 11.8. The first-order valence-corrected chi connectivity index (χ1v) is 11.5. The number of benzene rings is 1. The van der Waals surface area contributed by atoms with E-state index in [0.29, 0.717) is 25.6 Å². The van der Waals surface area contributed by atoms with E-state index in [0.717, 1.165) is 10.9 Å². The Labute approximate surface area is 199 Å². The maximum atomic E-state index is 13.9. The molecule has 0 fully saturated rings. The molecule has 2 aromatic heterocycles. The SMILES string of the molecule is CCC(NC(=O)c1cn(CCOC)cc(C(=O)NCc2ccc(F)cc2F)c1=O)c1cccs1. The fraction of sp³-hybridized carbons (Fsp3) is 0.292. The van der Waals surface area contributed by atoms with Crippen molar-refractivity contribution in [2.45, 2.75) is 32.5 Å². The number of carbonyl (C=O) groups is 2. The number of amides is 2. The van der Waals surface area contributed by atoms with Gasteiger partial charge < -0.3 is 19.9 Å². The van der Waals surface area contributed by atoms with Gasteiger partial charge in [-0.1, -0.05) is 19.1 Å². The van der Waals surface area contributed by atoms with Gasteiger partial charge in [0.2, 0.25) is 5.43 Å². The van der Waals surface area contributed by atoms with Crippen LogP contribution >= 0.6 is 11.3 Å². The second-order valence-corrected chi connectivity index (χ2v) is 8.49. The van der Waals surface area contributed by atoms with Crippen molar-refractivity contribution in [3.05, 3.63) is 91.5 Å². The van der Waals surface area contributed by atoms with Crippen molar-refractivity contribution in [1.82, 2.24) is 15.2 Å². The Morgan fingerprint density at radius 2 is 1.88 bits per heavy atom. The van der Waals surface area contributed by atoms with Gasteiger partial charge in [-0.15, -0.1) is 11.3 Å². The minimum Gasteiger partial charge on any atom is -0.383 e. The molecule has 0 radical (unpaired) electrons. The average molecular weight is 490 g/mol. The standard InChI is InChI=1S/C24H25F2N3O4S/c1-3-20(21-5-4-10-34-21)28-24(32)18-14-29(8-9-33-2)13-17(22(18)30)23(31)27-12-15-6-7-16(25)11-19(15)26/h4-7,10-11,13-14,20H,3,8-9,12H2,1-2H3,(H,27,31)(H,28,32). The maximum absolute atomic E-state index is 13.9. The number of thiophene rings is 1. The van der Waals surface area contributed by atoms with E-state index in [2.05, 4.69) is 10.6 Å². The molecule has 0 aliphatic rings. The molecule has 3 aromatic rings. The predicted molar refractivity (Wildman–Crippen MR) is 125 cm³/mol. The number of rotatable bonds is 10. The molecule has 10 heteroatoms. The van der Waals surface area contributed by atoms with Gasteiger partial charge in [0.1, 0.15) is 22.8 Å². The Morgan fingerprint density at radius 3 is 2.50 bits per heavy atom. The summed E-state index contributed by atoms with van der Waals surface area (Å²) in [5.74, 6) is -2.93. The summed E-state index contributed by atoms with van der Waals surface area (Å²) in [4.78, 5) is 39.8. The molecule has 0 saturated carbocycles. The zero-order valence-electron chi connectivity index (χ0n) is 18.8. The van der Waals surface area contributed by atoms with Crippen molar-refractivity contribution in [2.75, 3.05) is 13.7 Å². The Balaban J connectivity index is 1.87. The molecule has 2 heterocycles. The predicted octanol–water partition coefficient (Wildman–Crippen LogP) is 3.65. The minimum atomic E-state index is -0.815. The summed E-state index contributed by atoms with van der Waals surface area (Å²) in [7, 11) is 1.51. The lowest BCUT2D eigenvalue weighted by Crippen LogP contribution is -2.36. The van der Waals surface area contributed by atoms with E-state index in [1.165, 1.54) is 41.5 Å². The zero-order valence-corrected chi connectivity index (χ0v) is 19.6. The number of carbonyl (C=O) groups excluding carboxylic acids is 2. The van der Waals surface area contributed by atoms with E-state index in [-0.39, 0.29) is 29.3 Å². The van der Waals surface area contributed by atoms with Crippen LogP contribution in [0.5, 0.6) is 0 Å². The first-order chi connectivity index (χ1) is 16.3. The Bertz CT molecular complexity index is 1210. The van der Waals surface area contributed by atoms with Crippen LogP contribution in [-0.4, -0.2) is 30.1 Å². The van der Waals surface area contributed by atoms with Crippen LogP contribution in [0.4, 0.5) is 8.78 Å². The highest BCUT2D eigenvalue weighted by Crippen LogP contribution is 2.22. The van der Waals surface area contributed by atoms with E-state index in [1.807, 2.05) is 24.4 Å². The lowest BCUT2D eigenvalue weighted by atomic mass is 10.1. The van der Waals surface area contributed by atoms with Crippen LogP contribution in [0.25, 0.3) is 0 Å². The van der Waals surface area contributed by atoms with E-state index < -0.39 is 28.9 Å². The largest absolute Gasteiger partial charge is 0.383 e. The zero-order chi connectivity index (χ0) is 24.7. The third-order valence-electron chi connectivity index (χ3n) is 5.18. The summed E-state index contributed by atoms with van der Waals surface area (Å²) in [6.07, 6.45) is 3.33. The van der Waals surface area contributed by atoms with Crippen molar-refractivity contribution >= 4 is 23.2 Å². The minimum absolute atomic E-state index is 0.0603. The molecule has 0 saturated heterocycles. The van der Waals surface area contributed by atoms with Gasteiger partial charge in [-0.3, -0.25) is 14.4 Å². The van der Waals surface area contributed by atoms with Gasteiger partial charge in [-0.2, -0.15) is 0 Å². The maximum Gasteiger partial charge on any atom is 0.257 e. The molecule has 1 aromatic carbocycles. The summed E-state index contributed by atoms with van der Waals surface area (Å²) >= 11 is 1.49. The number of halogens is 2. The van der Waals surface area contributed by atoms with Gasteiger partial charge in [0.25, 0.3) is 11.8 Å². The van der Waals surface area contributed by atoms with Crippen molar-refractivity contribution < 1.29 is 23.1 Å². The van der Waals surface area contributed by atoms with Crippen molar-refractivity contribution in [3.8, 4) is 0 Å². The molecule has 7 nitrogen and oxygen atoms in total. The monoisotopic (exact) mass is 489 g/mol. The quantitative estimate of drug-likeness (QED) is 0.455. The summed E-state index contributed by atoms with van der Waals surface area (Å²) in [6.45, 7) is 2.25. The summed E-state index contributed by atoms with van der Waals surface area (Å²) in [5.41, 5.74) is -1.14. The molecule has 2 amide bonds. The molecule has 2 N–H and O–H groups in total. The molecule has 3 rings (SSSR count). The fourth-order valence-electron chi connectivity index (χ4n) is 3.32. The second kappa shape index (κ2) is 11.7. The highest BCUT2D eigenvalue weighted by Gasteiger charge is 2.22. The first kappa shape index (κ1) is 25.3. The van der Waals surface area contributed by atoms with Crippen LogP contribution in [0.2, 0.25) is 0 Å². The van der Waals surface area contributed by atoms with Crippen molar-refractivity contribution in [1.29, 1.82) is 0 Å². The number of ether oxygens (including phenoxy) is 1. The number of nitrogens with one attached hydrogen (secondary N) is 2. The number of aromatic nitrogens is 1. The van der Waals surface area contributed by atoms with Crippen LogP contribution in [0.1, 0.15) is 50.5 Å². The second-order valence-electron chi connectivity index (χ2n) is 7.51. The molecule has 180 valence electrons. The third-order valence-corrected chi connectivity index (χ3v) is 6.16. The topological polar surface area (TPSA) is 89.4 Å². The van der Waals surface area contributed by atoms with E-state index in [9.17, 15) is 23.2 Å². The number of pyridine rings is 1. The van der Waals surface area contributed by atoms with Crippen LogP contribution in [0.3, 0.4) is 0 Å². The van der Waals surface area contributed by atoms with Crippen molar-refractivity contribution in [2.24, 2.45) is 0 Å². The van der Waals surface area contributed by atoms with Gasteiger partial charge in [0.15, 0.2) is 0 Å². The summed E-state index contributed by atoms with van der Waals surface area (Å²) in [6, 6.07) is 6.49. The molecule has 0 aliphatic heterocycles. The van der Waals surface area contributed by atoms with Crippen LogP contribution in [0, 0.1) is 11.6 Å². The summed E-state index contributed by atoms with van der Waals surface area (Å²) in [5, 5.41) is 7.22. The van der Waals surface area contributed by atoms with Crippen LogP contribution < -0.4 is 16.1 Å². The number of nitrogens with zero attached hydrogens (tertiary/aromatic N) is 1. The van der Waals surface area contributed by atoms with Gasteiger partial charge in [0.05, 0.1) is 12.6 Å². The first-order valence-electron chi connectivity index (χ1n) is 10.6. The molecule has 0 aliphatic carbocycles. The lowest BCUT2D eigenvalue weighted by molar-refractivity contribution is 0.0933. The van der Waals surface area contributed by atoms with Crippen LogP contribution in [-0.2, 0) is 17.8 Å². The van der Waals surface area contributed by atoms with Crippen LogP contribution in [0.15, 0.2) is 52.9 Å². The van der Waals surface area contributed by atoms with Gasteiger partial charge in [-0.05, 0) is 23.9 Å². The number of methoxy groups -OCH3 is 1. The van der Waals surface area contributed by atoms with E-state index in [4.69, 9.17) is 4.74 Å². The van der Waals surface area contributed by atoms with Gasteiger partial charge >= 0.3 is 0 Å². The Morgan fingerprint density at radius 1 is 1.15 bits per heavy atom. The molecule has 0 bridgehead atoms. The number of hydrogen-bond donors (Lipinski definition) is 2. The fourth-order valence-corrected chi connectivity index (χ4v) is 4.18. The highest BCUT2D eigenvalue weighted by atomic mass is 32.1. The molecule has 34 heavy (non-hydrogen) atoms. The molecular weight excluding hydrogens is 464 g/mol. The van der Waals surface area contributed by atoms with Gasteiger partial charge in [0, 0.05) is 49.1 Å². The molecule has 0 spiro atoms. The lowest BCUT2D eigenvalue weighted by Gasteiger charge is -2.17. The van der Waals surface area contributed by atoms with Gasteiger partial charge in [-0.25, -0.2) is 8.78 Å². The van der Waals surface area contributed by atoms with Crippen molar-refractivity contribution in [3.63, 3.8) is 0 Å². The summed E-state index contributed by atoms with van der Waals surface area (Å²) < 4.78 is 33.6. The van der Waals surface area contributed by atoms with E-state index in [1.54, 1.807) is 0 Å². The molecular formula is C24H25F2N3O4S. The van der Waals surface area contributed by atoms with E-state index >= 15 is 0 Å². The number of hydrogen-bond acceptors (Lipinski definition) is 5. The Kier molecular flexibility index (Phi) is 8.67. The smallest absolute Gasteiger partial charge is 0.257 e. The third kappa shape index (κ3) is 6.15. The Hall–Kier alpha value is -3.37.